The molecule has 0 aromatic heterocycles. The number of amidine groups is 1. The van der Waals surface area contributed by atoms with Crippen LogP contribution >= 0.6 is 0 Å². The number of amides is 1. The second-order valence-corrected chi connectivity index (χ2v) is 7.40. The number of hydrogen-bond acceptors (Lipinski definition) is 5. The maximum atomic E-state index is 12.4. The first-order chi connectivity index (χ1) is 8.94. The Bertz CT molecular complexity index is 488. The van der Waals surface area contributed by atoms with Gasteiger partial charge in [0.25, 0.3) is 0 Å². The Labute approximate surface area is 112 Å². The zero-order valence-electron chi connectivity index (χ0n) is 10.7. The quantitative estimate of drug-likeness (QED) is 0.309. The molecule has 0 aromatic carbocycles. The van der Waals surface area contributed by atoms with Crippen LogP contribution in [0.15, 0.2) is 5.16 Å². The number of rotatable bonds is 2. The summed E-state index contributed by atoms with van der Waals surface area (Å²) in [5.74, 6) is -0.639. The van der Waals surface area contributed by atoms with Crippen molar-refractivity contribution in [1.82, 2.24) is 4.90 Å². The van der Waals surface area contributed by atoms with Crippen LogP contribution in [0.4, 0.5) is 0 Å². The molecule has 7 nitrogen and oxygen atoms in total. The highest BCUT2D eigenvalue weighted by molar-refractivity contribution is 7.91. The number of carbonyl (C=O) groups is 1. The van der Waals surface area contributed by atoms with E-state index in [4.69, 9.17) is 10.9 Å². The molecule has 19 heavy (non-hydrogen) atoms. The number of likely N-dealkylation sites (tertiary alicyclic amines) is 1. The molecule has 3 N–H and O–H groups in total. The van der Waals surface area contributed by atoms with E-state index in [9.17, 15) is 13.2 Å². The summed E-state index contributed by atoms with van der Waals surface area (Å²) in [5, 5.41) is 11.7. The third kappa shape index (κ3) is 2.99. The first kappa shape index (κ1) is 14.1. The molecule has 2 aliphatic heterocycles. The van der Waals surface area contributed by atoms with Crippen LogP contribution in [0.1, 0.15) is 25.7 Å². The number of sulfone groups is 1. The van der Waals surface area contributed by atoms with E-state index in [0.717, 1.165) is 12.8 Å². The van der Waals surface area contributed by atoms with Gasteiger partial charge in [0.1, 0.15) is 0 Å². The molecule has 0 radical (unpaired) electrons. The van der Waals surface area contributed by atoms with E-state index >= 15 is 0 Å². The summed E-state index contributed by atoms with van der Waals surface area (Å²) in [6.07, 6.45) is 2.80. The molecular formula is C11H19N3O4S. The van der Waals surface area contributed by atoms with Gasteiger partial charge in [-0.25, -0.2) is 8.42 Å². The molecule has 0 aromatic rings. The Morgan fingerprint density at radius 2 is 2.05 bits per heavy atom. The molecule has 2 rings (SSSR count). The monoisotopic (exact) mass is 289 g/mol. The lowest BCUT2D eigenvalue weighted by molar-refractivity contribution is -0.136. The third-order valence-electron chi connectivity index (χ3n) is 3.82. The molecule has 2 atom stereocenters. The van der Waals surface area contributed by atoms with Gasteiger partial charge in [-0.1, -0.05) is 5.16 Å². The molecule has 2 fully saturated rings. The van der Waals surface area contributed by atoms with Gasteiger partial charge in [-0.05, 0) is 25.7 Å². The fourth-order valence-corrected chi connectivity index (χ4v) is 4.53. The Hall–Kier alpha value is -1.31. The van der Waals surface area contributed by atoms with Crippen molar-refractivity contribution in [3.63, 3.8) is 0 Å². The Balaban J connectivity index is 2.12. The normalized spacial score (nSPS) is 31.4. The molecule has 0 spiro atoms. The van der Waals surface area contributed by atoms with E-state index in [0.29, 0.717) is 19.4 Å². The Morgan fingerprint density at radius 3 is 2.63 bits per heavy atom. The molecule has 2 unspecified atom stereocenters. The lowest BCUT2D eigenvalue weighted by atomic mass is 9.98. The Morgan fingerprint density at radius 1 is 1.32 bits per heavy atom. The van der Waals surface area contributed by atoms with Crippen LogP contribution < -0.4 is 5.73 Å². The minimum Gasteiger partial charge on any atom is -0.409 e. The summed E-state index contributed by atoms with van der Waals surface area (Å²) < 4.78 is 22.9. The highest BCUT2D eigenvalue weighted by atomic mass is 32.2. The molecule has 0 bridgehead atoms. The summed E-state index contributed by atoms with van der Waals surface area (Å²) in [7, 11) is -3.08. The van der Waals surface area contributed by atoms with E-state index in [2.05, 4.69) is 5.16 Å². The zero-order valence-corrected chi connectivity index (χ0v) is 11.5. The van der Waals surface area contributed by atoms with Gasteiger partial charge in [0.05, 0.1) is 23.5 Å². The summed E-state index contributed by atoms with van der Waals surface area (Å²) in [6, 6.07) is -0.408. The zero-order chi connectivity index (χ0) is 14.0. The molecule has 0 aliphatic carbocycles. The second-order valence-electron chi connectivity index (χ2n) is 5.17. The predicted octanol–water partition coefficient (Wildman–Crippen LogP) is -0.451. The number of piperidine rings is 1. The van der Waals surface area contributed by atoms with Crippen molar-refractivity contribution in [2.24, 2.45) is 16.8 Å². The van der Waals surface area contributed by atoms with Gasteiger partial charge < -0.3 is 15.8 Å². The fourth-order valence-electron chi connectivity index (χ4n) is 2.79. The van der Waals surface area contributed by atoms with Crippen LogP contribution in [-0.4, -0.2) is 54.4 Å². The predicted molar refractivity (Wildman–Crippen MR) is 69.5 cm³/mol. The third-order valence-corrected chi connectivity index (χ3v) is 5.59. The summed E-state index contributed by atoms with van der Waals surface area (Å²) in [6.45, 7) is 0.538. The lowest BCUT2D eigenvalue weighted by Gasteiger charge is -2.36. The van der Waals surface area contributed by atoms with Gasteiger partial charge in [-0.15, -0.1) is 0 Å². The lowest BCUT2D eigenvalue weighted by Crippen LogP contribution is -2.52. The number of oxime groups is 1. The number of nitrogens with zero attached hydrogens (tertiary/aromatic N) is 2. The van der Waals surface area contributed by atoms with Crippen molar-refractivity contribution in [1.29, 1.82) is 0 Å². The standard InChI is InChI=1S/C11H19N3O4S/c12-10(13-16)9-3-1-2-5-14(9)11(15)8-4-6-19(17,18)7-8/h8-9,16H,1-7H2,(H2,12,13). The maximum Gasteiger partial charge on any atom is 0.227 e. The van der Waals surface area contributed by atoms with Crippen molar-refractivity contribution >= 4 is 21.6 Å². The topological polar surface area (TPSA) is 113 Å². The molecule has 0 saturated carbocycles. The van der Waals surface area contributed by atoms with E-state index < -0.39 is 21.8 Å². The summed E-state index contributed by atoms with van der Waals surface area (Å²) in [5.41, 5.74) is 5.62. The SMILES string of the molecule is NC(=NO)C1CCCCN1C(=O)C1CCS(=O)(=O)C1. The van der Waals surface area contributed by atoms with Crippen LogP contribution in [0.2, 0.25) is 0 Å². The molecular weight excluding hydrogens is 270 g/mol. The number of nitrogens with two attached hydrogens (primary N) is 1. The van der Waals surface area contributed by atoms with Crippen molar-refractivity contribution in [2.75, 3.05) is 18.1 Å². The number of hydrogen-bond donors (Lipinski definition) is 2. The van der Waals surface area contributed by atoms with Gasteiger partial charge in [-0.3, -0.25) is 4.79 Å². The molecule has 2 heterocycles. The molecule has 2 saturated heterocycles. The Kier molecular flexibility index (Phi) is 3.98. The molecule has 2 aliphatic rings. The maximum absolute atomic E-state index is 12.4. The summed E-state index contributed by atoms with van der Waals surface area (Å²) >= 11 is 0. The van der Waals surface area contributed by atoms with E-state index in [1.165, 1.54) is 0 Å². The average molecular weight is 289 g/mol. The van der Waals surface area contributed by atoms with Gasteiger partial charge in [0.15, 0.2) is 15.7 Å². The van der Waals surface area contributed by atoms with Gasteiger partial charge in [-0.2, -0.15) is 0 Å². The molecule has 8 heteroatoms. The highest BCUT2D eigenvalue weighted by Crippen LogP contribution is 2.25. The van der Waals surface area contributed by atoms with Crippen molar-refractivity contribution in [3.05, 3.63) is 0 Å². The van der Waals surface area contributed by atoms with E-state index in [-0.39, 0.29) is 23.2 Å². The summed E-state index contributed by atoms with van der Waals surface area (Å²) in [4.78, 5) is 14.0. The minimum atomic E-state index is -3.08. The second kappa shape index (κ2) is 5.36. The fraction of sp³-hybridized carbons (Fsp3) is 0.818. The van der Waals surface area contributed by atoms with Crippen LogP contribution in [0.5, 0.6) is 0 Å². The van der Waals surface area contributed by atoms with Gasteiger partial charge in [0.2, 0.25) is 5.91 Å². The van der Waals surface area contributed by atoms with E-state index in [1.54, 1.807) is 4.90 Å². The van der Waals surface area contributed by atoms with Crippen molar-refractivity contribution in [2.45, 2.75) is 31.7 Å². The van der Waals surface area contributed by atoms with E-state index in [1.807, 2.05) is 0 Å². The van der Waals surface area contributed by atoms with Crippen LogP contribution in [0, 0.1) is 5.92 Å². The average Bonchev–Trinajstić information content (AvgIpc) is 2.77. The largest absolute Gasteiger partial charge is 0.409 e. The van der Waals surface area contributed by atoms with Crippen molar-refractivity contribution < 1.29 is 18.4 Å². The first-order valence-corrected chi connectivity index (χ1v) is 8.25. The van der Waals surface area contributed by atoms with Gasteiger partial charge in [0, 0.05) is 6.54 Å². The first-order valence-electron chi connectivity index (χ1n) is 6.43. The van der Waals surface area contributed by atoms with Crippen LogP contribution in [0.25, 0.3) is 0 Å². The van der Waals surface area contributed by atoms with Crippen LogP contribution in [-0.2, 0) is 14.6 Å². The minimum absolute atomic E-state index is 0.0221. The molecule has 108 valence electrons. The molecule has 1 amide bonds. The van der Waals surface area contributed by atoms with Crippen LogP contribution in [0.3, 0.4) is 0 Å². The van der Waals surface area contributed by atoms with Gasteiger partial charge >= 0.3 is 0 Å². The smallest absolute Gasteiger partial charge is 0.227 e. The van der Waals surface area contributed by atoms with Crippen molar-refractivity contribution in [3.8, 4) is 0 Å². The highest BCUT2D eigenvalue weighted by Gasteiger charge is 2.39. The number of carbonyl (C=O) groups excluding carboxylic acids is 1.